The van der Waals surface area contributed by atoms with Gasteiger partial charge in [-0.15, -0.1) is 0 Å². The molecule has 0 aromatic carbocycles. The Morgan fingerprint density at radius 3 is 2.81 bits per heavy atom. The first-order chi connectivity index (χ1) is 10.3. The highest BCUT2D eigenvalue weighted by Crippen LogP contribution is 2.12. The Labute approximate surface area is 121 Å². The van der Waals surface area contributed by atoms with Crippen LogP contribution in [0.1, 0.15) is 0 Å². The van der Waals surface area contributed by atoms with Crippen LogP contribution >= 0.6 is 0 Å². The number of aliphatic hydroxyl groups is 1. The highest BCUT2D eigenvalue weighted by molar-refractivity contribution is 5.39. The Kier molecular flexibility index (Phi) is 5.35. The average molecular weight is 294 g/mol. The molecular formula is C11H18N8O2. The smallest absolute Gasteiger partial charge is 0.258 e. The summed E-state index contributed by atoms with van der Waals surface area (Å²) < 4.78 is 6.51. The Morgan fingerprint density at radius 2 is 2.19 bits per heavy atom. The van der Waals surface area contributed by atoms with Gasteiger partial charge in [0, 0.05) is 27.2 Å². The molecule has 0 aliphatic heterocycles. The Hall–Kier alpha value is -2.33. The van der Waals surface area contributed by atoms with Crippen molar-refractivity contribution in [1.82, 2.24) is 29.7 Å². The minimum absolute atomic E-state index is 0.0110. The molecule has 0 spiro atoms. The Morgan fingerprint density at radius 1 is 1.33 bits per heavy atom. The first-order valence-corrected chi connectivity index (χ1v) is 6.42. The van der Waals surface area contributed by atoms with E-state index in [-0.39, 0.29) is 6.61 Å². The van der Waals surface area contributed by atoms with Crippen molar-refractivity contribution in [2.75, 3.05) is 50.7 Å². The van der Waals surface area contributed by atoms with Crippen molar-refractivity contribution in [2.45, 2.75) is 0 Å². The Balaban J connectivity index is 2.34. The second-order valence-corrected chi connectivity index (χ2v) is 4.05. The van der Waals surface area contributed by atoms with Crippen LogP contribution in [0.15, 0.2) is 12.7 Å². The van der Waals surface area contributed by atoms with Gasteiger partial charge in [0.1, 0.15) is 12.7 Å². The van der Waals surface area contributed by atoms with Crippen LogP contribution in [0.2, 0.25) is 0 Å². The normalized spacial score (nSPS) is 10.6. The van der Waals surface area contributed by atoms with Gasteiger partial charge in [-0.1, -0.05) is 0 Å². The van der Waals surface area contributed by atoms with Gasteiger partial charge in [0.05, 0.1) is 13.2 Å². The van der Waals surface area contributed by atoms with Crippen LogP contribution in [0, 0.1) is 0 Å². The molecule has 2 aromatic rings. The molecule has 0 unspecified atom stereocenters. The third-order valence-electron chi connectivity index (χ3n) is 2.68. The first-order valence-electron chi connectivity index (χ1n) is 6.42. The molecule has 0 aliphatic carbocycles. The predicted octanol–water partition coefficient (Wildman–Crippen LogP) is -1.06. The molecule has 10 nitrogen and oxygen atoms in total. The van der Waals surface area contributed by atoms with Gasteiger partial charge in [-0.3, -0.25) is 0 Å². The van der Waals surface area contributed by atoms with Crippen LogP contribution in [0.5, 0.6) is 0 Å². The van der Waals surface area contributed by atoms with Gasteiger partial charge in [-0.25, -0.2) is 4.98 Å². The zero-order chi connectivity index (χ0) is 15.1. The molecule has 2 rings (SSSR count). The van der Waals surface area contributed by atoms with Gasteiger partial charge in [-0.05, 0) is 0 Å². The highest BCUT2D eigenvalue weighted by Gasteiger charge is 2.14. The quantitative estimate of drug-likeness (QED) is 0.628. The highest BCUT2D eigenvalue weighted by atomic mass is 16.5. The monoisotopic (exact) mass is 294 g/mol. The van der Waals surface area contributed by atoms with Crippen LogP contribution in [0.4, 0.5) is 11.9 Å². The lowest BCUT2D eigenvalue weighted by atomic mass is 10.5. The van der Waals surface area contributed by atoms with Crippen molar-refractivity contribution in [2.24, 2.45) is 0 Å². The molecule has 0 radical (unpaired) electrons. The summed E-state index contributed by atoms with van der Waals surface area (Å²) in [5, 5.41) is 16.1. The second kappa shape index (κ2) is 7.45. The zero-order valence-electron chi connectivity index (χ0n) is 12.0. The van der Waals surface area contributed by atoms with E-state index >= 15 is 0 Å². The van der Waals surface area contributed by atoms with Gasteiger partial charge < -0.3 is 20.1 Å². The second-order valence-electron chi connectivity index (χ2n) is 4.05. The number of hydrogen-bond acceptors (Lipinski definition) is 9. The van der Waals surface area contributed by atoms with E-state index in [0.29, 0.717) is 37.5 Å². The fourth-order valence-corrected chi connectivity index (χ4v) is 1.66. The summed E-state index contributed by atoms with van der Waals surface area (Å²) in [7, 11) is 3.33. The molecule has 2 aromatic heterocycles. The Bertz CT molecular complexity index is 547. The molecule has 114 valence electrons. The van der Waals surface area contributed by atoms with Gasteiger partial charge in [0.2, 0.25) is 11.9 Å². The lowest BCUT2D eigenvalue weighted by molar-refractivity contribution is 0.202. The molecular weight excluding hydrogens is 276 g/mol. The van der Waals surface area contributed by atoms with Gasteiger partial charge in [0.15, 0.2) is 0 Å². The average Bonchev–Trinajstić information content (AvgIpc) is 3.05. The minimum atomic E-state index is -0.0110. The summed E-state index contributed by atoms with van der Waals surface area (Å²) >= 11 is 0. The number of nitrogens with one attached hydrogen (secondary N) is 1. The number of anilines is 2. The summed E-state index contributed by atoms with van der Waals surface area (Å²) in [5.41, 5.74) is 0. The zero-order valence-corrected chi connectivity index (χ0v) is 12.0. The van der Waals surface area contributed by atoms with Gasteiger partial charge >= 0.3 is 0 Å². The maximum Gasteiger partial charge on any atom is 0.258 e. The molecule has 0 fully saturated rings. The molecule has 2 heterocycles. The molecule has 0 saturated carbocycles. The third kappa shape index (κ3) is 3.83. The first kappa shape index (κ1) is 15.1. The topological polar surface area (TPSA) is 114 Å². The molecule has 0 amide bonds. The number of hydrogen-bond donors (Lipinski definition) is 2. The molecule has 0 atom stereocenters. The van der Waals surface area contributed by atoms with E-state index in [0.717, 1.165) is 0 Å². The molecule has 21 heavy (non-hydrogen) atoms. The fourth-order valence-electron chi connectivity index (χ4n) is 1.66. The summed E-state index contributed by atoms with van der Waals surface area (Å²) in [6.07, 6.45) is 2.91. The van der Waals surface area contributed by atoms with E-state index < -0.39 is 0 Å². The number of ether oxygens (including phenoxy) is 1. The number of methoxy groups -OCH3 is 1. The van der Waals surface area contributed by atoms with Crippen molar-refractivity contribution >= 4 is 11.9 Å². The van der Waals surface area contributed by atoms with E-state index in [4.69, 9.17) is 4.74 Å². The molecule has 0 aliphatic rings. The summed E-state index contributed by atoms with van der Waals surface area (Å²) in [4.78, 5) is 18.6. The standard InChI is InChI=1S/C11H18N8O2/c1-12-9-15-10(18(3-5-20)4-6-21-2)17-11(16-9)19-8-13-7-14-19/h7-8,20H,3-6H2,1-2H3,(H,12,15,16,17). The number of rotatable bonds is 8. The van der Waals surface area contributed by atoms with Crippen molar-refractivity contribution < 1.29 is 9.84 Å². The maximum atomic E-state index is 9.18. The van der Waals surface area contributed by atoms with Gasteiger partial charge in [-0.2, -0.15) is 24.7 Å². The van der Waals surface area contributed by atoms with E-state index in [9.17, 15) is 5.11 Å². The van der Waals surface area contributed by atoms with Crippen LogP contribution in [-0.2, 0) is 4.74 Å². The summed E-state index contributed by atoms with van der Waals surface area (Å²) in [5.74, 6) is 1.19. The summed E-state index contributed by atoms with van der Waals surface area (Å²) in [6, 6.07) is 0. The number of nitrogens with zero attached hydrogens (tertiary/aromatic N) is 7. The van der Waals surface area contributed by atoms with Crippen LogP contribution < -0.4 is 10.2 Å². The number of aromatic nitrogens is 6. The lowest BCUT2D eigenvalue weighted by Gasteiger charge is -2.21. The third-order valence-corrected chi connectivity index (χ3v) is 2.68. The predicted molar refractivity (Wildman–Crippen MR) is 75.5 cm³/mol. The van der Waals surface area contributed by atoms with Crippen molar-refractivity contribution in [1.29, 1.82) is 0 Å². The van der Waals surface area contributed by atoms with E-state index in [1.54, 1.807) is 14.2 Å². The van der Waals surface area contributed by atoms with E-state index in [2.05, 4.69) is 30.4 Å². The van der Waals surface area contributed by atoms with E-state index in [1.807, 2.05) is 4.90 Å². The van der Waals surface area contributed by atoms with Crippen LogP contribution in [0.25, 0.3) is 5.95 Å². The van der Waals surface area contributed by atoms with Crippen molar-refractivity contribution in [3.8, 4) is 5.95 Å². The minimum Gasteiger partial charge on any atom is -0.395 e. The van der Waals surface area contributed by atoms with Crippen molar-refractivity contribution in [3.63, 3.8) is 0 Å². The maximum absolute atomic E-state index is 9.18. The largest absolute Gasteiger partial charge is 0.395 e. The van der Waals surface area contributed by atoms with E-state index in [1.165, 1.54) is 17.3 Å². The van der Waals surface area contributed by atoms with Crippen LogP contribution in [-0.4, -0.2) is 75.3 Å². The SMILES string of the molecule is CNc1nc(N(CCO)CCOC)nc(-n2cncn2)n1. The fraction of sp³-hybridized carbons (Fsp3) is 0.545. The molecule has 0 saturated heterocycles. The van der Waals surface area contributed by atoms with Crippen molar-refractivity contribution in [3.05, 3.63) is 12.7 Å². The molecule has 2 N–H and O–H groups in total. The number of aliphatic hydroxyl groups excluding tert-OH is 1. The van der Waals surface area contributed by atoms with Gasteiger partial charge in [0.25, 0.3) is 5.95 Å². The molecule has 10 heteroatoms. The summed E-state index contributed by atoms with van der Waals surface area (Å²) in [6.45, 7) is 1.44. The van der Waals surface area contributed by atoms with Crippen LogP contribution in [0.3, 0.4) is 0 Å². The lowest BCUT2D eigenvalue weighted by Crippen LogP contribution is -2.32. The molecule has 0 bridgehead atoms.